The van der Waals surface area contributed by atoms with E-state index in [-0.39, 0.29) is 35.7 Å². The SMILES string of the molecule is O=C1C2CC=C3C(CC4(Cl)C(=O)N(c5ccc(F)cc5)C(=O)C4(Cl)C3c3ccc(O)cc3)C2C(=O)N1C1CCCCC1. The lowest BCUT2D eigenvalue weighted by molar-refractivity contribution is -0.143. The third kappa shape index (κ3) is 3.63. The van der Waals surface area contributed by atoms with Crippen molar-refractivity contribution in [1.82, 2.24) is 4.90 Å². The Morgan fingerprint density at radius 1 is 0.833 bits per heavy atom. The highest BCUT2D eigenvalue weighted by Gasteiger charge is 2.76. The molecule has 2 aromatic carbocycles. The molecule has 0 bridgehead atoms. The predicted molar refractivity (Wildman–Crippen MR) is 153 cm³/mol. The fourth-order valence-corrected chi connectivity index (χ4v) is 9.10. The van der Waals surface area contributed by atoms with Crippen molar-refractivity contribution in [2.24, 2.45) is 17.8 Å². The molecule has 4 fully saturated rings. The summed E-state index contributed by atoms with van der Waals surface area (Å²) in [6, 6.07) is 11.0. The van der Waals surface area contributed by atoms with Crippen molar-refractivity contribution in [3.63, 3.8) is 0 Å². The van der Waals surface area contributed by atoms with Gasteiger partial charge in [0.05, 0.1) is 17.5 Å². The number of fused-ring (bicyclic) bond motifs is 4. The Kier molecular flexibility index (Phi) is 6.34. The summed E-state index contributed by atoms with van der Waals surface area (Å²) in [5.74, 6) is -5.27. The number of phenolic OH excluding ortho intramolecular Hbond substituents is 1. The topological polar surface area (TPSA) is 95.0 Å². The summed E-state index contributed by atoms with van der Waals surface area (Å²) in [6.07, 6.45) is 6.66. The van der Waals surface area contributed by atoms with Crippen LogP contribution in [0, 0.1) is 23.6 Å². The molecule has 42 heavy (non-hydrogen) atoms. The van der Waals surface area contributed by atoms with Gasteiger partial charge in [0.25, 0.3) is 11.8 Å². The van der Waals surface area contributed by atoms with Crippen LogP contribution in [0.2, 0.25) is 0 Å². The van der Waals surface area contributed by atoms with Crippen LogP contribution in [0.3, 0.4) is 0 Å². The first-order chi connectivity index (χ1) is 20.1. The fourth-order valence-electron chi connectivity index (χ4n) is 8.16. The maximum atomic E-state index is 14.3. The van der Waals surface area contributed by atoms with Crippen LogP contribution in [0.15, 0.2) is 60.2 Å². The number of phenols is 1. The lowest BCUT2D eigenvalue weighted by atomic mass is 9.56. The van der Waals surface area contributed by atoms with E-state index in [1.807, 2.05) is 6.08 Å². The van der Waals surface area contributed by atoms with Crippen LogP contribution in [0.4, 0.5) is 10.1 Å². The third-order valence-corrected chi connectivity index (χ3v) is 11.5. The lowest BCUT2D eigenvalue weighted by Crippen LogP contribution is -2.60. The maximum absolute atomic E-state index is 14.3. The molecule has 3 aliphatic carbocycles. The van der Waals surface area contributed by atoms with E-state index in [2.05, 4.69) is 0 Å². The average Bonchev–Trinajstić information content (AvgIpc) is 3.32. The van der Waals surface area contributed by atoms with Crippen LogP contribution in [0.25, 0.3) is 0 Å². The molecule has 7 rings (SSSR count). The number of likely N-dealkylation sites (tertiary alicyclic amines) is 1. The highest BCUT2D eigenvalue weighted by Crippen LogP contribution is 2.66. The minimum absolute atomic E-state index is 0.00557. The van der Waals surface area contributed by atoms with Gasteiger partial charge in [-0.05, 0) is 73.6 Å². The monoisotopic (exact) mass is 610 g/mol. The summed E-state index contributed by atoms with van der Waals surface area (Å²) >= 11 is 14.7. The van der Waals surface area contributed by atoms with Gasteiger partial charge in [-0.15, -0.1) is 23.2 Å². The van der Waals surface area contributed by atoms with Crippen molar-refractivity contribution >= 4 is 52.5 Å². The molecular formula is C32H29Cl2FN2O5. The lowest BCUT2D eigenvalue weighted by Gasteiger charge is -2.50. The van der Waals surface area contributed by atoms with Crippen LogP contribution in [-0.4, -0.2) is 49.4 Å². The second kappa shape index (κ2) is 9.64. The van der Waals surface area contributed by atoms with Crippen molar-refractivity contribution in [2.45, 2.75) is 66.7 Å². The molecule has 2 saturated carbocycles. The van der Waals surface area contributed by atoms with Gasteiger partial charge in [0.1, 0.15) is 11.6 Å². The van der Waals surface area contributed by atoms with Crippen LogP contribution in [-0.2, 0) is 19.2 Å². The van der Waals surface area contributed by atoms with E-state index in [1.165, 1.54) is 29.2 Å². The first kappa shape index (κ1) is 27.6. The Morgan fingerprint density at radius 2 is 1.50 bits per heavy atom. The van der Waals surface area contributed by atoms with E-state index in [0.29, 0.717) is 17.6 Å². The second-order valence-electron chi connectivity index (χ2n) is 12.2. The van der Waals surface area contributed by atoms with E-state index in [4.69, 9.17) is 23.2 Å². The minimum Gasteiger partial charge on any atom is -0.508 e. The molecule has 6 unspecified atom stereocenters. The van der Waals surface area contributed by atoms with Gasteiger partial charge in [0, 0.05) is 12.0 Å². The number of allylic oxidation sites excluding steroid dienone is 2. The molecule has 0 radical (unpaired) electrons. The van der Waals surface area contributed by atoms with Gasteiger partial charge in [0.15, 0.2) is 9.75 Å². The molecule has 2 aromatic rings. The van der Waals surface area contributed by atoms with Crippen molar-refractivity contribution in [2.75, 3.05) is 4.90 Å². The molecule has 2 aliphatic heterocycles. The van der Waals surface area contributed by atoms with Crippen molar-refractivity contribution in [3.05, 3.63) is 71.6 Å². The number of amides is 4. The maximum Gasteiger partial charge on any atom is 0.258 e. The van der Waals surface area contributed by atoms with Gasteiger partial charge in [-0.2, -0.15) is 0 Å². The van der Waals surface area contributed by atoms with Gasteiger partial charge in [-0.3, -0.25) is 24.1 Å². The van der Waals surface area contributed by atoms with Crippen LogP contribution >= 0.6 is 23.2 Å². The number of rotatable bonds is 3. The molecule has 4 amide bonds. The molecule has 2 heterocycles. The van der Waals surface area contributed by atoms with E-state index >= 15 is 0 Å². The molecule has 10 heteroatoms. The Labute approximate surface area is 252 Å². The van der Waals surface area contributed by atoms with Gasteiger partial charge in [-0.25, -0.2) is 9.29 Å². The number of imide groups is 2. The van der Waals surface area contributed by atoms with E-state index in [0.717, 1.165) is 49.1 Å². The smallest absolute Gasteiger partial charge is 0.258 e. The van der Waals surface area contributed by atoms with Gasteiger partial charge in [-0.1, -0.05) is 43.0 Å². The molecule has 6 atom stereocenters. The van der Waals surface area contributed by atoms with Crippen LogP contribution in [0.1, 0.15) is 56.4 Å². The van der Waals surface area contributed by atoms with Crippen LogP contribution in [0.5, 0.6) is 5.75 Å². The minimum atomic E-state index is -1.99. The highest BCUT2D eigenvalue weighted by molar-refractivity contribution is 6.58. The largest absolute Gasteiger partial charge is 0.508 e. The standard InChI is InChI=1S/C32H29Cl2FN2O5/c33-31-16-24-22(14-15-23-25(24)28(40)36(27(23)39)19-4-2-1-3-5-19)26(17-6-12-21(38)13-7-17)32(31,34)30(42)37(29(31)41)20-10-8-18(35)9-11-20/h6-14,19,23-26,38H,1-5,15-16H2. The number of halogens is 3. The number of hydrogen-bond donors (Lipinski definition) is 1. The molecule has 1 N–H and O–H groups in total. The summed E-state index contributed by atoms with van der Waals surface area (Å²) in [6.45, 7) is 0. The summed E-state index contributed by atoms with van der Waals surface area (Å²) in [5, 5.41) is 10.0. The molecule has 2 saturated heterocycles. The summed E-state index contributed by atoms with van der Waals surface area (Å²) in [4.78, 5) is 54.7. The predicted octanol–water partition coefficient (Wildman–Crippen LogP) is 5.43. The fraction of sp³-hybridized carbons (Fsp3) is 0.438. The average molecular weight is 611 g/mol. The number of carbonyl (C=O) groups is 4. The van der Waals surface area contributed by atoms with E-state index in [9.17, 15) is 28.7 Å². The first-order valence-corrected chi connectivity index (χ1v) is 15.2. The second-order valence-corrected chi connectivity index (χ2v) is 13.4. The van der Waals surface area contributed by atoms with Crippen molar-refractivity contribution in [3.8, 4) is 5.75 Å². The van der Waals surface area contributed by atoms with Gasteiger partial charge >= 0.3 is 0 Å². The molecule has 0 aromatic heterocycles. The number of carbonyl (C=O) groups excluding carboxylic acids is 4. The normalized spacial score (nSPS) is 34.8. The quantitative estimate of drug-likeness (QED) is 0.284. The number of hydrogen-bond acceptors (Lipinski definition) is 5. The zero-order valence-corrected chi connectivity index (χ0v) is 24.2. The third-order valence-electron chi connectivity index (χ3n) is 10.1. The zero-order valence-electron chi connectivity index (χ0n) is 22.6. The number of nitrogens with zero attached hydrogens (tertiary/aromatic N) is 2. The Morgan fingerprint density at radius 3 is 2.17 bits per heavy atom. The van der Waals surface area contributed by atoms with Crippen molar-refractivity contribution in [1.29, 1.82) is 0 Å². The number of anilines is 1. The Bertz CT molecular complexity index is 1540. The Hall–Kier alpha value is -3.23. The van der Waals surface area contributed by atoms with Gasteiger partial charge in [0.2, 0.25) is 11.8 Å². The first-order valence-electron chi connectivity index (χ1n) is 14.5. The summed E-state index contributed by atoms with van der Waals surface area (Å²) < 4.78 is 13.8. The highest BCUT2D eigenvalue weighted by atomic mass is 35.5. The van der Waals surface area contributed by atoms with E-state index in [1.54, 1.807) is 12.1 Å². The summed E-state index contributed by atoms with van der Waals surface area (Å²) in [5.41, 5.74) is 1.38. The summed E-state index contributed by atoms with van der Waals surface area (Å²) in [7, 11) is 0. The van der Waals surface area contributed by atoms with Crippen molar-refractivity contribution < 1.29 is 28.7 Å². The number of benzene rings is 2. The number of alkyl halides is 2. The molecular weight excluding hydrogens is 582 g/mol. The zero-order chi connectivity index (χ0) is 29.6. The Balaban J connectivity index is 1.37. The molecule has 5 aliphatic rings. The number of aromatic hydroxyl groups is 1. The van der Waals surface area contributed by atoms with E-state index < -0.39 is 51.1 Å². The molecule has 0 spiro atoms. The molecule has 7 nitrogen and oxygen atoms in total. The van der Waals surface area contributed by atoms with Gasteiger partial charge < -0.3 is 5.11 Å². The molecule has 218 valence electrons. The van der Waals surface area contributed by atoms with Crippen LogP contribution < -0.4 is 4.90 Å².